The zero-order chi connectivity index (χ0) is 17.9. The molecule has 3 aromatic rings. The zero-order valence-corrected chi connectivity index (χ0v) is 14.2. The molecule has 0 saturated carbocycles. The lowest BCUT2D eigenvalue weighted by Crippen LogP contribution is -2.05. The van der Waals surface area contributed by atoms with Crippen molar-refractivity contribution in [3.63, 3.8) is 0 Å². The first-order chi connectivity index (χ1) is 12.0. The highest BCUT2D eigenvalue weighted by Gasteiger charge is 2.18. The molecule has 0 fully saturated rings. The Morgan fingerprint density at radius 3 is 1.88 bits per heavy atom. The van der Waals surface area contributed by atoms with Crippen molar-refractivity contribution in [3.8, 4) is 11.5 Å². The van der Waals surface area contributed by atoms with Crippen molar-refractivity contribution in [1.82, 2.24) is 0 Å². The molecule has 3 aromatic carbocycles. The van der Waals surface area contributed by atoms with E-state index >= 15 is 0 Å². The molecule has 0 saturated heterocycles. The standard InChI is InChI=1S/C20H17O4S/c1-15(24-18-5-3-2-4-6-18)16-7-11-19(12-8-16)25(22,23)20-13-9-17(21)10-14-20/h2-15,21H,1H2. The summed E-state index contributed by atoms with van der Waals surface area (Å²) in [5, 5.41) is 9.30. The van der Waals surface area contributed by atoms with Crippen molar-refractivity contribution < 1.29 is 18.3 Å². The van der Waals surface area contributed by atoms with Crippen molar-refractivity contribution in [2.24, 2.45) is 0 Å². The lowest BCUT2D eigenvalue weighted by molar-refractivity contribution is 0.253. The van der Waals surface area contributed by atoms with E-state index in [0.717, 1.165) is 5.56 Å². The molecular formula is C20H17O4S. The van der Waals surface area contributed by atoms with Gasteiger partial charge in [-0.25, -0.2) is 8.42 Å². The van der Waals surface area contributed by atoms with Crippen LogP contribution in [0.25, 0.3) is 0 Å². The van der Waals surface area contributed by atoms with E-state index < -0.39 is 15.9 Å². The first-order valence-corrected chi connectivity index (χ1v) is 9.14. The van der Waals surface area contributed by atoms with Gasteiger partial charge in [0.1, 0.15) is 17.6 Å². The van der Waals surface area contributed by atoms with Crippen LogP contribution in [0.3, 0.4) is 0 Å². The zero-order valence-electron chi connectivity index (χ0n) is 13.4. The molecule has 25 heavy (non-hydrogen) atoms. The molecule has 1 atom stereocenters. The maximum Gasteiger partial charge on any atom is 0.206 e. The highest BCUT2D eigenvalue weighted by molar-refractivity contribution is 7.91. The average Bonchev–Trinajstić information content (AvgIpc) is 2.63. The number of ether oxygens (including phenoxy) is 1. The smallest absolute Gasteiger partial charge is 0.206 e. The monoisotopic (exact) mass is 353 g/mol. The highest BCUT2D eigenvalue weighted by Crippen LogP contribution is 2.26. The minimum Gasteiger partial charge on any atom is -0.508 e. The molecule has 0 heterocycles. The molecule has 0 amide bonds. The normalized spacial score (nSPS) is 12.5. The van der Waals surface area contributed by atoms with Gasteiger partial charge in [0.25, 0.3) is 0 Å². The van der Waals surface area contributed by atoms with Crippen LogP contribution in [0.15, 0.2) is 88.7 Å². The number of hydrogen-bond acceptors (Lipinski definition) is 4. The van der Waals surface area contributed by atoms with Crippen molar-refractivity contribution in [2.75, 3.05) is 0 Å². The second kappa shape index (κ2) is 6.99. The first kappa shape index (κ1) is 17.0. The molecule has 4 nitrogen and oxygen atoms in total. The van der Waals surface area contributed by atoms with Crippen molar-refractivity contribution in [3.05, 3.63) is 91.3 Å². The number of benzene rings is 3. The van der Waals surface area contributed by atoms with Crippen molar-refractivity contribution >= 4 is 9.84 Å². The van der Waals surface area contributed by atoms with Crippen LogP contribution in [0.1, 0.15) is 11.7 Å². The van der Waals surface area contributed by atoms with E-state index in [1.165, 1.54) is 36.4 Å². The van der Waals surface area contributed by atoms with Gasteiger partial charge in [-0.2, -0.15) is 0 Å². The van der Waals surface area contributed by atoms with Gasteiger partial charge in [0.2, 0.25) is 9.84 Å². The second-order valence-electron chi connectivity index (χ2n) is 5.49. The Morgan fingerprint density at radius 1 is 0.800 bits per heavy atom. The first-order valence-electron chi connectivity index (χ1n) is 7.66. The van der Waals surface area contributed by atoms with Crippen LogP contribution in [-0.4, -0.2) is 13.5 Å². The molecule has 1 radical (unpaired) electrons. The quantitative estimate of drug-likeness (QED) is 0.747. The van der Waals surface area contributed by atoms with Gasteiger partial charge in [0.15, 0.2) is 0 Å². The van der Waals surface area contributed by atoms with Gasteiger partial charge in [-0.1, -0.05) is 30.3 Å². The molecule has 1 unspecified atom stereocenters. The van der Waals surface area contributed by atoms with Gasteiger partial charge >= 0.3 is 0 Å². The van der Waals surface area contributed by atoms with E-state index in [4.69, 9.17) is 4.74 Å². The number of phenolic OH excluding ortho intramolecular Hbond substituents is 1. The fraction of sp³-hybridized carbons (Fsp3) is 0.0500. The van der Waals surface area contributed by atoms with Gasteiger partial charge < -0.3 is 9.84 Å². The SMILES string of the molecule is [CH2]C(Oc1ccccc1)c1ccc(S(=O)(=O)c2ccc(O)cc2)cc1. The molecule has 0 bridgehead atoms. The Hall–Kier alpha value is -2.79. The summed E-state index contributed by atoms with van der Waals surface area (Å²) in [7, 11) is -3.63. The van der Waals surface area contributed by atoms with E-state index in [0.29, 0.717) is 5.75 Å². The summed E-state index contributed by atoms with van der Waals surface area (Å²) in [5.41, 5.74) is 0.772. The summed E-state index contributed by atoms with van der Waals surface area (Å²) < 4.78 is 30.9. The van der Waals surface area contributed by atoms with Crippen LogP contribution in [0.5, 0.6) is 11.5 Å². The number of aromatic hydroxyl groups is 1. The highest BCUT2D eigenvalue weighted by atomic mass is 32.2. The third-order valence-corrected chi connectivity index (χ3v) is 5.52. The molecule has 0 spiro atoms. The van der Waals surface area contributed by atoms with Crippen LogP contribution >= 0.6 is 0 Å². The van der Waals surface area contributed by atoms with Crippen LogP contribution in [0.2, 0.25) is 0 Å². The fourth-order valence-electron chi connectivity index (χ4n) is 2.35. The predicted molar refractivity (Wildman–Crippen MR) is 95.2 cm³/mol. The van der Waals surface area contributed by atoms with Gasteiger partial charge in [-0.05, 0) is 61.0 Å². The maximum absolute atomic E-state index is 12.6. The Labute approximate surface area is 147 Å². The number of sulfone groups is 1. The van der Waals surface area contributed by atoms with Gasteiger partial charge in [-0.3, -0.25) is 0 Å². The molecule has 127 valence electrons. The fourth-order valence-corrected chi connectivity index (χ4v) is 3.62. The minimum absolute atomic E-state index is 0.0206. The minimum atomic E-state index is -3.63. The Balaban J connectivity index is 1.81. The molecule has 0 aromatic heterocycles. The second-order valence-corrected chi connectivity index (χ2v) is 7.44. The summed E-state index contributed by atoms with van der Waals surface area (Å²) in [6, 6.07) is 21.2. The van der Waals surface area contributed by atoms with E-state index in [1.54, 1.807) is 12.1 Å². The number of para-hydroxylation sites is 1. The topological polar surface area (TPSA) is 63.6 Å². The lowest BCUT2D eigenvalue weighted by Gasteiger charge is -2.15. The van der Waals surface area contributed by atoms with Crippen molar-refractivity contribution in [1.29, 1.82) is 0 Å². The van der Waals surface area contributed by atoms with E-state index in [2.05, 4.69) is 6.92 Å². The summed E-state index contributed by atoms with van der Waals surface area (Å²) >= 11 is 0. The van der Waals surface area contributed by atoms with Crippen LogP contribution in [0.4, 0.5) is 0 Å². The lowest BCUT2D eigenvalue weighted by atomic mass is 10.1. The van der Waals surface area contributed by atoms with Gasteiger partial charge in [0, 0.05) is 0 Å². The van der Waals surface area contributed by atoms with Crippen LogP contribution in [0, 0.1) is 6.92 Å². The van der Waals surface area contributed by atoms with Crippen LogP contribution < -0.4 is 4.74 Å². The molecule has 5 heteroatoms. The molecule has 0 aliphatic carbocycles. The summed E-state index contributed by atoms with van der Waals surface area (Å²) in [6.07, 6.45) is -0.451. The molecule has 0 aliphatic rings. The average molecular weight is 353 g/mol. The van der Waals surface area contributed by atoms with E-state index in [9.17, 15) is 13.5 Å². The summed E-state index contributed by atoms with van der Waals surface area (Å²) in [6.45, 7) is 3.96. The third-order valence-electron chi connectivity index (χ3n) is 3.73. The van der Waals surface area contributed by atoms with Crippen LogP contribution in [-0.2, 0) is 9.84 Å². The van der Waals surface area contributed by atoms with E-state index in [1.807, 2.05) is 30.3 Å². The van der Waals surface area contributed by atoms with E-state index in [-0.39, 0.29) is 15.5 Å². The Kier molecular flexibility index (Phi) is 4.76. The summed E-state index contributed by atoms with van der Waals surface area (Å²) in [5.74, 6) is 0.718. The van der Waals surface area contributed by atoms with Gasteiger partial charge in [0.05, 0.1) is 9.79 Å². The summed E-state index contributed by atoms with van der Waals surface area (Å²) in [4.78, 5) is 0.304. The largest absolute Gasteiger partial charge is 0.508 e. The molecule has 1 N–H and O–H groups in total. The molecule has 3 rings (SSSR count). The molecule has 0 aliphatic heterocycles. The maximum atomic E-state index is 12.6. The third kappa shape index (κ3) is 3.83. The molecular weight excluding hydrogens is 336 g/mol. The number of hydrogen-bond donors (Lipinski definition) is 1. The Bertz CT molecular complexity index is 931. The predicted octanol–water partition coefficient (Wildman–Crippen LogP) is 4.18. The Morgan fingerprint density at radius 2 is 1.32 bits per heavy atom. The van der Waals surface area contributed by atoms with Gasteiger partial charge in [-0.15, -0.1) is 0 Å². The van der Waals surface area contributed by atoms with Crippen molar-refractivity contribution in [2.45, 2.75) is 15.9 Å². The number of rotatable bonds is 5. The number of phenols is 1.